The summed E-state index contributed by atoms with van der Waals surface area (Å²) in [5.41, 5.74) is 11.0. The number of nitrogens with zero attached hydrogens (tertiary/aromatic N) is 4. The second kappa shape index (κ2) is 7.10. The van der Waals surface area contributed by atoms with E-state index in [2.05, 4.69) is 52.6 Å². The van der Waals surface area contributed by atoms with Gasteiger partial charge >= 0.3 is 0 Å². The molecule has 0 saturated carbocycles. The molecule has 27 heavy (non-hydrogen) atoms. The molecule has 2 aromatic heterocycles. The van der Waals surface area contributed by atoms with Crippen LogP contribution in [0.2, 0.25) is 0 Å². The molecule has 0 radical (unpaired) electrons. The minimum atomic E-state index is 0.522. The summed E-state index contributed by atoms with van der Waals surface area (Å²) in [6.45, 7) is 7.42. The van der Waals surface area contributed by atoms with Gasteiger partial charge in [0.2, 0.25) is 0 Å². The summed E-state index contributed by atoms with van der Waals surface area (Å²) in [6, 6.07) is 8.29. The summed E-state index contributed by atoms with van der Waals surface area (Å²) < 4.78 is 2.14. The van der Waals surface area contributed by atoms with Crippen LogP contribution in [0.1, 0.15) is 45.2 Å². The zero-order chi connectivity index (χ0) is 19.0. The van der Waals surface area contributed by atoms with Crippen molar-refractivity contribution in [2.24, 2.45) is 10.7 Å². The van der Waals surface area contributed by atoms with Crippen molar-refractivity contribution < 1.29 is 0 Å². The molecule has 0 saturated heterocycles. The first kappa shape index (κ1) is 17.7. The molecular formula is C21H21N5S. The molecule has 1 aromatic carbocycles. The van der Waals surface area contributed by atoms with E-state index in [9.17, 15) is 0 Å². The minimum absolute atomic E-state index is 0.522. The van der Waals surface area contributed by atoms with E-state index in [0.29, 0.717) is 19.5 Å². The standard InChI is InChI=1S/C21H21N5S/c1-13-14(2)27-21-19(13)20(23-12-18-25-24-15(3)26(18)21)17-9-7-16(8-10-17)6-4-5-11-22/h7-10H,5,11-12,22H2,1-3H3. The molecule has 0 bridgehead atoms. The van der Waals surface area contributed by atoms with Gasteiger partial charge in [0.05, 0.1) is 5.71 Å². The molecule has 2 N–H and O–H groups in total. The van der Waals surface area contributed by atoms with E-state index in [4.69, 9.17) is 10.7 Å². The number of benzene rings is 1. The van der Waals surface area contributed by atoms with E-state index in [1.54, 1.807) is 11.3 Å². The molecule has 0 unspecified atom stereocenters. The summed E-state index contributed by atoms with van der Waals surface area (Å²) in [6.07, 6.45) is 0.712. The average molecular weight is 376 g/mol. The lowest BCUT2D eigenvalue weighted by molar-refractivity contribution is 0.869. The van der Waals surface area contributed by atoms with Gasteiger partial charge in [-0.15, -0.1) is 21.5 Å². The Labute approximate surface area is 163 Å². The molecule has 0 spiro atoms. The van der Waals surface area contributed by atoms with E-state index < -0.39 is 0 Å². The topological polar surface area (TPSA) is 69.1 Å². The SMILES string of the molecule is Cc1sc2c(c1C)C(c1ccc(C#CCCN)cc1)=NCc1nnc(C)n1-2. The molecule has 5 nitrogen and oxygen atoms in total. The molecular weight excluding hydrogens is 354 g/mol. The molecule has 136 valence electrons. The molecule has 0 aliphatic carbocycles. The van der Waals surface area contributed by atoms with E-state index in [1.807, 2.05) is 19.1 Å². The van der Waals surface area contributed by atoms with Gasteiger partial charge < -0.3 is 5.73 Å². The predicted octanol–water partition coefficient (Wildman–Crippen LogP) is 3.31. The van der Waals surface area contributed by atoms with Gasteiger partial charge in [-0.2, -0.15) is 0 Å². The Kier molecular flexibility index (Phi) is 4.65. The largest absolute Gasteiger partial charge is 0.330 e. The average Bonchev–Trinajstić information content (AvgIpc) is 3.11. The smallest absolute Gasteiger partial charge is 0.160 e. The first-order valence-electron chi connectivity index (χ1n) is 8.95. The summed E-state index contributed by atoms with van der Waals surface area (Å²) in [5.74, 6) is 8.01. The Morgan fingerprint density at radius 2 is 1.93 bits per heavy atom. The van der Waals surface area contributed by atoms with E-state index in [-0.39, 0.29) is 0 Å². The summed E-state index contributed by atoms with van der Waals surface area (Å²) in [7, 11) is 0. The second-order valence-electron chi connectivity index (χ2n) is 6.54. The molecule has 0 amide bonds. The van der Waals surface area contributed by atoms with E-state index in [1.165, 1.54) is 16.0 Å². The Morgan fingerprint density at radius 1 is 1.15 bits per heavy atom. The zero-order valence-corrected chi connectivity index (χ0v) is 16.5. The maximum Gasteiger partial charge on any atom is 0.160 e. The molecule has 0 fully saturated rings. The first-order valence-corrected chi connectivity index (χ1v) is 9.77. The van der Waals surface area contributed by atoms with Gasteiger partial charge in [-0.05, 0) is 38.5 Å². The van der Waals surface area contributed by atoms with Gasteiger partial charge in [-0.1, -0.05) is 24.0 Å². The number of aromatic nitrogens is 3. The quantitative estimate of drug-likeness (QED) is 0.699. The fraction of sp³-hybridized carbons (Fsp3) is 0.286. The summed E-state index contributed by atoms with van der Waals surface area (Å²) >= 11 is 1.77. The number of hydrogen-bond acceptors (Lipinski definition) is 5. The van der Waals surface area contributed by atoms with Crippen LogP contribution in [0, 0.1) is 32.6 Å². The van der Waals surface area contributed by atoms with Crippen molar-refractivity contribution >= 4 is 17.0 Å². The Hall–Kier alpha value is -2.75. The number of aryl methyl sites for hydroxylation is 2. The Balaban J connectivity index is 1.81. The summed E-state index contributed by atoms with van der Waals surface area (Å²) in [4.78, 5) is 6.21. The normalized spacial score (nSPS) is 12.5. The zero-order valence-electron chi connectivity index (χ0n) is 15.7. The monoisotopic (exact) mass is 375 g/mol. The highest BCUT2D eigenvalue weighted by Gasteiger charge is 2.26. The Morgan fingerprint density at radius 3 is 2.67 bits per heavy atom. The predicted molar refractivity (Wildman–Crippen MR) is 110 cm³/mol. The van der Waals surface area contributed by atoms with Gasteiger partial charge in [0.25, 0.3) is 0 Å². The fourth-order valence-electron chi connectivity index (χ4n) is 3.23. The molecule has 4 rings (SSSR count). The highest BCUT2D eigenvalue weighted by Crippen LogP contribution is 2.36. The van der Waals surface area contributed by atoms with Crippen LogP contribution < -0.4 is 5.73 Å². The van der Waals surface area contributed by atoms with Gasteiger partial charge in [-0.3, -0.25) is 9.56 Å². The van der Waals surface area contributed by atoms with Crippen LogP contribution >= 0.6 is 11.3 Å². The third-order valence-electron chi connectivity index (χ3n) is 4.74. The number of rotatable bonds is 2. The lowest BCUT2D eigenvalue weighted by Gasteiger charge is -2.09. The van der Waals surface area contributed by atoms with Crippen molar-refractivity contribution in [2.45, 2.75) is 33.7 Å². The van der Waals surface area contributed by atoms with Crippen molar-refractivity contribution in [3.8, 4) is 16.8 Å². The third kappa shape index (κ3) is 3.09. The second-order valence-corrected chi connectivity index (χ2v) is 7.75. The summed E-state index contributed by atoms with van der Waals surface area (Å²) in [5, 5.41) is 9.73. The lowest BCUT2D eigenvalue weighted by atomic mass is 9.99. The van der Waals surface area contributed by atoms with E-state index >= 15 is 0 Å². The van der Waals surface area contributed by atoms with Crippen LogP contribution in [0.4, 0.5) is 0 Å². The molecule has 3 aromatic rings. The number of aliphatic imine (C=N–C) groups is 1. The molecule has 3 heterocycles. The highest BCUT2D eigenvalue weighted by molar-refractivity contribution is 7.15. The van der Waals surface area contributed by atoms with Gasteiger partial charge in [0.1, 0.15) is 17.4 Å². The van der Waals surface area contributed by atoms with Crippen LogP contribution in [0.3, 0.4) is 0 Å². The van der Waals surface area contributed by atoms with Crippen molar-refractivity contribution in [3.63, 3.8) is 0 Å². The third-order valence-corrected chi connectivity index (χ3v) is 5.93. The van der Waals surface area contributed by atoms with Crippen LogP contribution in [0.5, 0.6) is 0 Å². The van der Waals surface area contributed by atoms with Crippen LogP contribution in [-0.4, -0.2) is 27.0 Å². The van der Waals surface area contributed by atoms with Gasteiger partial charge in [0.15, 0.2) is 5.82 Å². The maximum atomic E-state index is 5.50. The van der Waals surface area contributed by atoms with Crippen LogP contribution in [0.25, 0.3) is 5.00 Å². The Bertz CT molecular complexity index is 1090. The number of thiophene rings is 1. The van der Waals surface area contributed by atoms with Crippen LogP contribution in [-0.2, 0) is 6.54 Å². The van der Waals surface area contributed by atoms with Crippen molar-refractivity contribution in [1.82, 2.24) is 14.8 Å². The number of hydrogen-bond donors (Lipinski definition) is 1. The van der Waals surface area contributed by atoms with Gasteiger partial charge in [-0.25, -0.2) is 0 Å². The lowest BCUT2D eigenvalue weighted by Crippen LogP contribution is -2.07. The molecule has 1 aliphatic rings. The van der Waals surface area contributed by atoms with Crippen molar-refractivity contribution in [1.29, 1.82) is 0 Å². The first-order chi connectivity index (χ1) is 13.1. The van der Waals surface area contributed by atoms with Crippen LogP contribution in [0.15, 0.2) is 29.3 Å². The number of nitrogens with two attached hydrogens (primary N) is 1. The number of fused-ring (bicyclic) bond motifs is 3. The van der Waals surface area contributed by atoms with E-state index in [0.717, 1.165) is 33.5 Å². The van der Waals surface area contributed by atoms with Crippen molar-refractivity contribution in [3.05, 3.63) is 63.0 Å². The fourth-order valence-corrected chi connectivity index (χ4v) is 4.46. The van der Waals surface area contributed by atoms with Crippen molar-refractivity contribution in [2.75, 3.05) is 6.54 Å². The maximum absolute atomic E-state index is 5.50. The molecule has 6 heteroatoms. The minimum Gasteiger partial charge on any atom is -0.330 e. The highest BCUT2D eigenvalue weighted by atomic mass is 32.1. The van der Waals surface area contributed by atoms with Gasteiger partial charge in [0, 0.05) is 34.5 Å². The molecule has 0 atom stereocenters. The molecule has 1 aliphatic heterocycles.